The zero-order chi connectivity index (χ0) is 14.6. The minimum absolute atomic E-state index is 0.0428. The molecule has 1 rings (SSSR count). The number of methoxy groups -OCH3 is 2. The Morgan fingerprint density at radius 2 is 1.84 bits per heavy atom. The molecule has 0 aliphatic carbocycles. The van der Waals surface area contributed by atoms with Crippen LogP contribution in [0.1, 0.15) is 25.0 Å². The average Bonchev–Trinajstić information content (AvgIpc) is 2.39. The van der Waals surface area contributed by atoms with Crippen LogP contribution in [0.15, 0.2) is 12.1 Å². The van der Waals surface area contributed by atoms with Crippen molar-refractivity contribution in [2.75, 3.05) is 27.8 Å². The van der Waals surface area contributed by atoms with Crippen LogP contribution in [0.2, 0.25) is 0 Å². The van der Waals surface area contributed by atoms with Crippen LogP contribution in [0.25, 0.3) is 0 Å². The molecule has 108 valence electrons. The van der Waals surface area contributed by atoms with Gasteiger partial charge in [0.2, 0.25) is 0 Å². The largest absolute Gasteiger partial charge is 0.496 e. The van der Waals surface area contributed by atoms with Gasteiger partial charge in [0, 0.05) is 29.8 Å². The first kappa shape index (κ1) is 15.8. The molecule has 0 saturated carbocycles. The molecule has 0 aromatic heterocycles. The summed E-state index contributed by atoms with van der Waals surface area (Å²) in [6.45, 7) is 7.68. The number of rotatable bonds is 6. The molecular formula is C15H26N2O2. The Balaban J connectivity index is 3.05. The van der Waals surface area contributed by atoms with E-state index in [2.05, 4.69) is 25.8 Å². The summed E-state index contributed by atoms with van der Waals surface area (Å²) >= 11 is 0. The molecule has 0 radical (unpaired) electrons. The Hall–Kier alpha value is -1.26. The molecule has 4 heteroatoms. The fraction of sp³-hybridized carbons (Fsp3) is 0.600. The predicted octanol–water partition coefficient (Wildman–Crippen LogP) is 2.18. The van der Waals surface area contributed by atoms with Gasteiger partial charge in [-0.05, 0) is 33.9 Å². The van der Waals surface area contributed by atoms with Crippen LogP contribution < -0.4 is 15.2 Å². The van der Waals surface area contributed by atoms with Gasteiger partial charge in [0.15, 0.2) is 0 Å². The molecule has 0 unspecified atom stereocenters. The highest BCUT2D eigenvalue weighted by atomic mass is 16.5. The van der Waals surface area contributed by atoms with Gasteiger partial charge in [-0.15, -0.1) is 0 Å². The number of nitrogens with zero attached hydrogens (tertiary/aromatic N) is 1. The summed E-state index contributed by atoms with van der Waals surface area (Å²) in [5.74, 6) is 1.74. The number of ether oxygens (including phenoxy) is 2. The summed E-state index contributed by atoms with van der Waals surface area (Å²) in [4.78, 5) is 2.23. The van der Waals surface area contributed by atoms with Crippen LogP contribution in [0, 0.1) is 6.92 Å². The zero-order valence-corrected chi connectivity index (χ0v) is 12.9. The smallest absolute Gasteiger partial charge is 0.129 e. The van der Waals surface area contributed by atoms with Gasteiger partial charge in [-0.25, -0.2) is 0 Å². The molecule has 1 aromatic carbocycles. The first-order chi connectivity index (χ1) is 8.87. The molecular weight excluding hydrogens is 240 g/mol. The lowest BCUT2D eigenvalue weighted by Crippen LogP contribution is -2.46. The molecule has 1 aromatic rings. The summed E-state index contributed by atoms with van der Waals surface area (Å²) in [5.41, 5.74) is 7.94. The van der Waals surface area contributed by atoms with Gasteiger partial charge < -0.3 is 15.2 Å². The molecule has 0 aliphatic heterocycles. The summed E-state index contributed by atoms with van der Waals surface area (Å²) in [7, 11) is 5.44. The highest BCUT2D eigenvalue weighted by Gasteiger charge is 2.23. The topological polar surface area (TPSA) is 47.7 Å². The molecule has 4 nitrogen and oxygen atoms in total. The predicted molar refractivity (Wildman–Crippen MR) is 78.9 cm³/mol. The lowest BCUT2D eigenvalue weighted by molar-refractivity contribution is 0.154. The quantitative estimate of drug-likeness (QED) is 0.857. The Morgan fingerprint density at radius 3 is 2.32 bits per heavy atom. The Kier molecular flexibility index (Phi) is 5.20. The van der Waals surface area contributed by atoms with E-state index in [-0.39, 0.29) is 5.54 Å². The van der Waals surface area contributed by atoms with Crippen LogP contribution in [0.3, 0.4) is 0 Å². The molecule has 0 heterocycles. The van der Waals surface area contributed by atoms with Gasteiger partial charge in [0.1, 0.15) is 11.5 Å². The van der Waals surface area contributed by atoms with Crippen LogP contribution in [-0.4, -0.2) is 38.3 Å². The first-order valence-corrected chi connectivity index (χ1v) is 6.49. The Labute approximate surface area is 116 Å². The molecule has 0 spiro atoms. The number of hydrogen-bond acceptors (Lipinski definition) is 4. The number of benzene rings is 1. The van der Waals surface area contributed by atoms with Gasteiger partial charge in [-0.3, -0.25) is 4.90 Å². The average molecular weight is 266 g/mol. The number of nitrogens with two attached hydrogens (primary N) is 1. The molecule has 2 N–H and O–H groups in total. The van der Waals surface area contributed by atoms with E-state index in [4.69, 9.17) is 15.2 Å². The third-order valence-corrected chi connectivity index (χ3v) is 3.80. The third-order valence-electron chi connectivity index (χ3n) is 3.80. The maximum Gasteiger partial charge on any atom is 0.129 e. The summed E-state index contributed by atoms with van der Waals surface area (Å²) in [5, 5.41) is 0. The normalized spacial score (nSPS) is 11.8. The summed E-state index contributed by atoms with van der Waals surface area (Å²) in [6, 6.07) is 4.03. The molecule has 0 aliphatic rings. The molecule has 0 saturated heterocycles. The van der Waals surface area contributed by atoms with Crippen LogP contribution in [0.5, 0.6) is 11.5 Å². The van der Waals surface area contributed by atoms with E-state index in [1.54, 1.807) is 14.2 Å². The fourth-order valence-electron chi connectivity index (χ4n) is 1.98. The van der Waals surface area contributed by atoms with Gasteiger partial charge >= 0.3 is 0 Å². The van der Waals surface area contributed by atoms with E-state index < -0.39 is 0 Å². The van der Waals surface area contributed by atoms with Crippen LogP contribution in [0.4, 0.5) is 0 Å². The summed E-state index contributed by atoms with van der Waals surface area (Å²) < 4.78 is 10.9. The Morgan fingerprint density at radius 1 is 1.21 bits per heavy atom. The van der Waals surface area contributed by atoms with Gasteiger partial charge in [0.25, 0.3) is 0 Å². The highest BCUT2D eigenvalue weighted by Crippen LogP contribution is 2.32. The third kappa shape index (κ3) is 3.39. The van der Waals surface area contributed by atoms with Crippen molar-refractivity contribution < 1.29 is 9.47 Å². The minimum Gasteiger partial charge on any atom is -0.496 e. The fourth-order valence-corrected chi connectivity index (χ4v) is 1.98. The second-order valence-electron chi connectivity index (χ2n) is 5.46. The zero-order valence-electron chi connectivity index (χ0n) is 12.9. The molecule has 0 atom stereocenters. The van der Waals surface area contributed by atoms with Crippen molar-refractivity contribution in [1.82, 2.24) is 4.90 Å². The van der Waals surface area contributed by atoms with E-state index in [9.17, 15) is 0 Å². The van der Waals surface area contributed by atoms with Crippen molar-refractivity contribution in [2.45, 2.75) is 32.9 Å². The highest BCUT2D eigenvalue weighted by molar-refractivity contribution is 5.49. The second kappa shape index (κ2) is 6.26. The SMILES string of the molecule is COc1ccc(CN(C)C(C)(C)CN)c(OC)c1C. The first-order valence-electron chi connectivity index (χ1n) is 6.49. The van der Waals surface area contributed by atoms with Crippen molar-refractivity contribution >= 4 is 0 Å². The maximum absolute atomic E-state index is 5.81. The van der Waals surface area contributed by atoms with Crippen molar-refractivity contribution in [2.24, 2.45) is 5.73 Å². The molecule has 0 amide bonds. The maximum atomic E-state index is 5.81. The van der Waals surface area contributed by atoms with Crippen molar-refractivity contribution in [3.63, 3.8) is 0 Å². The van der Waals surface area contributed by atoms with Gasteiger partial charge in [-0.1, -0.05) is 6.07 Å². The van der Waals surface area contributed by atoms with Crippen molar-refractivity contribution in [3.05, 3.63) is 23.3 Å². The number of hydrogen-bond donors (Lipinski definition) is 1. The van der Waals surface area contributed by atoms with Gasteiger partial charge in [0.05, 0.1) is 14.2 Å². The lowest BCUT2D eigenvalue weighted by atomic mass is 10.0. The second-order valence-corrected chi connectivity index (χ2v) is 5.46. The van der Waals surface area contributed by atoms with E-state index in [1.165, 1.54) is 0 Å². The van der Waals surface area contributed by atoms with E-state index in [1.807, 2.05) is 19.1 Å². The number of likely N-dealkylation sites (N-methyl/N-ethyl adjacent to an activating group) is 1. The van der Waals surface area contributed by atoms with E-state index >= 15 is 0 Å². The van der Waals surface area contributed by atoms with Crippen molar-refractivity contribution in [1.29, 1.82) is 0 Å². The Bertz CT molecular complexity index is 430. The van der Waals surface area contributed by atoms with Crippen molar-refractivity contribution in [3.8, 4) is 11.5 Å². The van der Waals surface area contributed by atoms with Crippen LogP contribution in [-0.2, 0) is 6.54 Å². The van der Waals surface area contributed by atoms with E-state index in [0.717, 1.165) is 29.2 Å². The molecule has 19 heavy (non-hydrogen) atoms. The lowest BCUT2D eigenvalue weighted by Gasteiger charge is -2.35. The molecule has 0 bridgehead atoms. The monoisotopic (exact) mass is 266 g/mol. The van der Waals surface area contributed by atoms with E-state index in [0.29, 0.717) is 6.54 Å². The minimum atomic E-state index is -0.0428. The summed E-state index contributed by atoms with van der Waals surface area (Å²) in [6.07, 6.45) is 0. The molecule has 0 fully saturated rings. The van der Waals surface area contributed by atoms with Gasteiger partial charge in [-0.2, -0.15) is 0 Å². The standard InChI is InChI=1S/C15H26N2O2/c1-11-13(18-5)8-7-12(14(11)19-6)9-17(4)15(2,3)10-16/h7-8H,9-10,16H2,1-6H3. The van der Waals surface area contributed by atoms with Crippen LogP contribution >= 0.6 is 0 Å².